The van der Waals surface area contributed by atoms with E-state index < -0.39 is 4.92 Å². The van der Waals surface area contributed by atoms with Crippen molar-refractivity contribution in [1.82, 2.24) is 4.90 Å². The van der Waals surface area contributed by atoms with Gasteiger partial charge >= 0.3 is 5.69 Å². The first kappa shape index (κ1) is 17.6. The first-order chi connectivity index (χ1) is 11.9. The number of halogens is 1. The number of phenolic OH excluding ortho intramolecular Hbond substituents is 1. The summed E-state index contributed by atoms with van der Waals surface area (Å²) in [6.45, 7) is 2.20. The Kier molecular flexibility index (Phi) is 4.87. The van der Waals surface area contributed by atoms with E-state index in [2.05, 4.69) is 0 Å². The van der Waals surface area contributed by atoms with Crippen LogP contribution in [0.4, 0.5) is 10.5 Å². The van der Waals surface area contributed by atoms with Crippen molar-refractivity contribution < 1.29 is 14.8 Å². The van der Waals surface area contributed by atoms with Crippen LogP contribution < -0.4 is 0 Å². The Bertz CT molecular complexity index is 828. The number of hydrogen-bond donors (Lipinski definition) is 1. The lowest BCUT2D eigenvalue weighted by atomic mass is 10.0. The Morgan fingerprint density at radius 3 is 2.60 bits per heavy atom. The van der Waals surface area contributed by atoms with E-state index in [1.54, 1.807) is 23.1 Å². The van der Waals surface area contributed by atoms with E-state index in [1.807, 2.05) is 19.1 Å². The molecule has 1 saturated heterocycles. The molecule has 0 saturated carbocycles. The van der Waals surface area contributed by atoms with Crippen LogP contribution in [0, 0.1) is 10.1 Å². The van der Waals surface area contributed by atoms with Gasteiger partial charge in [-0.3, -0.25) is 14.9 Å². The van der Waals surface area contributed by atoms with E-state index in [0.717, 1.165) is 5.56 Å². The lowest BCUT2D eigenvalue weighted by molar-refractivity contribution is -0.385. The Balaban J connectivity index is 1.81. The van der Waals surface area contributed by atoms with Crippen molar-refractivity contribution in [3.05, 3.63) is 68.7 Å². The molecule has 0 radical (unpaired) electrons. The average molecular weight is 379 g/mol. The zero-order valence-corrected chi connectivity index (χ0v) is 14.8. The second-order valence-corrected chi connectivity index (χ2v) is 7.33. The van der Waals surface area contributed by atoms with Gasteiger partial charge in [-0.25, -0.2) is 0 Å². The molecule has 2 aromatic rings. The molecule has 130 valence electrons. The van der Waals surface area contributed by atoms with Gasteiger partial charge in [0, 0.05) is 23.7 Å². The van der Waals surface area contributed by atoms with Crippen LogP contribution >= 0.6 is 23.4 Å². The third-order valence-electron chi connectivity index (χ3n) is 4.18. The molecule has 2 atom stereocenters. The molecule has 8 heteroatoms. The summed E-state index contributed by atoms with van der Waals surface area (Å²) >= 11 is 7.15. The van der Waals surface area contributed by atoms with Crippen LogP contribution in [0.5, 0.6) is 5.75 Å². The minimum Gasteiger partial charge on any atom is -0.502 e. The van der Waals surface area contributed by atoms with E-state index in [1.165, 1.54) is 23.9 Å². The number of phenols is 1. The van der Waals surface area contributed by atoms with Crippen LogP contribution in [0.2, 0.25) is 5.02 Å². The molecule has 1 heterocycles. The Morgan fingerprint density at radius 1 is 1.28 bits per heavy atom. The highest BCUT2D eigenvalue weighted by atomic mass is 35.5. The van der Waals surface area contributed by atoms with Gasteiger partial charge in [0.25, 0.3) is 5.24 Å². The molecule has 1 aliphatic heterocycles. The van der Waals surface area contributed by atoms with E-state index >= 15 is 0 Å². The highest BCUT2D eigenvalue weighted by molar-refractivity contribution is 8.14. The minimum absolute atomic E-state index is 0.0307. The van der Waals surface area contributed by atoms with Crippen molar-refractivity contribution in [2.75, 3.05) is 0 Å². The van der Waals surface area contributed by atoms with Crippen LogP contribution in [-0.4, -0.2) is 26.2 Å². The van der Waals surface area contributed by atoms with Crippen LogP contribution in [-0.2, 0) is 6.54 Å². The number of aromatic hydroxyl groups is 1. The fourth-order valence-corrected chi connectivity index (χ4v) is 4.17. The summed E-state index contributed by atoms with van der Waals surface area (Å²) in [5.41, 5.74) is 1.25. The molecule has 0 unspecified atom stereocenters. The average Bonchev–Trinajstić information content (AvgIpc) is 2.85. The molecule has 6 nitrogen and oxygen atoms in total. The number of carbonyl (C=O) groups is 1. The molecule has 3 rings (SSSR count). The smallest absolute Gasteiger partial charge is 0.311 e. The summed E-state index contributed by atoms with van der Waals surface area (Å²) in [4.78, 5) is 24.4. The maximum absolute atomic E-state index is 12.4. The summed E-state index contributed by atoms with van der Waals surface area (Å²) in [7, 11) is 0. The van der Waals surface area contributed by atoms with Crippen molar-refractivity contribution in [2.24, 2.45) is 0 Å². The van der Waals surface area contributed by atoms with Gasteiger partial charge in [-0.2, -0.15) is 0 Å². The number of amides is 1. The van der Waals surface area contributed by atoms with E-state index in [-0.39, 0.29) is 34.5 Å². The normalized spacial score (nSPS) is 20.1. The van der Waals surface area contributed by atoms with Gasteiger partial charge in [-0.15, -0.1) is 0 Å². The lowest BCUT2D eigenvalue weighted by Gasteiger charge is -2.24. The second kappa shape index (κ2) is 6.93. The summed E-state index contributed by atoms with van der Waals surface area (Å²) in [6, 6.07) is 11.5. The van der Waals surface area contributed by atoms with Gasteiger partial charge in [-0.05, 0) is 36.2 Å². The molecule has 1 aliphatic rings. The molecule has 0 aliphatic carbocycles. The van der Waals surface area contributed by atoms with Crippen molar-refractivity contribution >= 4 is 34.3 Å². The number of hydrogen-bond acceptors (Lipinski definition) is 5. The maximum Gasteiger partial charge on any atom is 0.311 e. The third-order valence-corrected chi connectivity index (χ3v) is 5.79. The monoisotopic (exact) mass is 378 g/mol. The summed E-state index contributed by atoms with van der Waals surface area (Å²) in [5.74, 6) is -0.386. The van der Waals surface area contributed by atoms with Crippen LogP contribution in [0.25, 0.3) is 0 Å². The summed E-state index contributed by atoms with van der Waals surface area (Å²) in [5, 5.41) is 21.0. The Morgan fingerprint density at radius 2 is 1.96 bits per heavy atom. The summed E-state index contributed by atoms with van der Waals surface area (Å²) in [6.07, 6.45) is 0. The van der Waals surface area contributed by atoms with E-state index in [4.69, 9.17) is 11.6 Å². The molecule has 1 N–H and O–H groups in total. The lowest BCUT2D eigenvalue weighted by Crippen LogP contribution is -2.31. The number of thioether (sulfide) groups is 1. The zero-order valence-electron chi connectivity index (χ0n) is 13.3. The number of rotatable bonds is 4. The zero-order chi connectivity index (χ0) is 18.1. The fraction of sp³-hybridized carbons (Fsp3) is 0.235. The summed E-state index contributed by atoms with van der Waals surface area (Å²) < 4.78 is 0. The topological polar surface area (TPSA) is 83.7 Å². The predicted octanol–water partition coefficient (Wildman–Crippen LogP) is 4.75. The molecule has 0 aromatic heterocycles. The van der Waals surface area contributed by atoms with E-state index in [9.17, 15) is 20.0 Å². The van der Waals surface area contributed by atoms with Crippen LogP contribution in [0.15, 0.2) is 42.5 Å². The first-order valence-corrected chi connectivity index (χ1v) is 8.81. The SMILES string of the molecule is C[C@H]1[C@H](c2ccc(Cl)cc2)SC(=O)N1Cc1ccc(O)c([N+](=O)[O-])c1. The highest BCUT2D eigenvalue weighted by Crippen LogP contribution is 2.44. The Hall–Kier alpha value is -2.25. The third kappa shape index (κ3) is 3.57. The molecule has 0 spiro atoms. The van der Waals surface area contributed by atoms with Gasteiger partial charge in [0.15, 0.2) is 5.75 Å². The van der Waals surface area contributed by atoms with Crippen LogP contribution in [0.1, 0.15) is 23.3 Å². The number of nitro groups is 1. The fourth-order valence-electron chi connectivity index (χ4n) is 2.82. The first-order valence-electron chi connectivity index (χ1n) is 7.56. The number of benzene rings is 2. The van der Waals surface area contributed by atoms with Crippen LogP contribution in [0.3, 0.4) is 0 Å². The number of nitrogens with zero attached hydrogens (tertiary/aromatic N) is 2. The van der Waals surface area contributed by atoms with Gasteiger partial charge in [0.05, 0.1) is 10.2 Å². The maximum atomic E-state index is 12.4. The van der Waals surface area contributed by atoms with Gasteiger partial charge in [-0.1, -0.05) is 41.6 Å². The van der Waals surface area contributed by atoms with Gasteiger partial charge < -0.3 is 10.0 Å². The van der Waals surface area contributed by atoms with Gasteiger partial charge in [0.2, 0.25) is 0 Å². The predicted molar refractivity (Wildman–Crippen MR) is 96.9 cm³/mol. The second-order valence-electron chi connectivity index (χ2n) is 5.80. The molecule has 1 fully saturated rings. The highest BCUT2D eigenvalue weighted by Gasteiger charge is 2.38. The van der Waals surface area contributed by atoms with Crippen molar-refractivity contribution in [2.45, 2.75) is 24.8 Å². The molecule has 0 bridgehead atoms. The molecular weight excluding hydrogens is 364 g/mol. The molecule has 25 heavy (non-hydrogen) atoms. The minimum atomic E-state index is -0.640. The quantitative estimate of drug-likeness (QED) is 0.613. The Labute approximate surface area is 153 Å². The molecule has 2 aromatic carbocycles. The van der Waals surface area contributed by atoms with E-state index in [0.29, 0.717) is 10.6 Å². The van der Waals surface area contributed by atoms with Crippen molar-refractivity contribution in [1.29, 1.82) is 0 Å². The van der Waals surface area contributed by atoms with Gasteiger partial charge in [0.1, 0.15) is 0 Å². The molecule has 1 amide bonds. The van der Waals surface area contributed by atoms with Crippen molar-refractivity contribution in [3.63, 3.8) is 0 Å². The largest absolute Gasteiger partial charge is 0.502 e. The number of nitro benzene ring substituents is 1. The standard InChI is InChI=1S/C17H15ClN2O4S/c1-10-16(12-3-5-13(18)6-4-12)25-17(22)19(10)9-11-2-7-15(21)14(8-11)20(23)24/h2-8,10,16,21H,9H2,1H3/t10-,16+/m0/s1. The molecular formula is C17H15ClN2O4S. The number of carbonyl (C=O) groups excluding carboxylic acids is 1. The van der Waals surface area contributed by atoms with Crippen molar-refractivity contribution in [3.8, 4) is 5.75 Å².